The lowest BCUT2D eigenvalue weighted by Gasteiger charge is -2.14. The summed E-state index contributed by atoms with van der Waals surface area (Å²) in [5.74, 6) is -0.169. The summed E-state index contributed by atoms with van der Waals surface area (Å²) < 4.78 is 4.86. The number of carbonyl (C=O) groups excluding carboxylic acids is 1. The minimum absolute atomic E-state index is 0.169. The lowest BCUT2D eigenvalue weighted by atomic mass is 10.2. The van der Waals surface area contributed by atoms with E-state index in [2.05, 4.69) is 10.6 Å². The van der Waals surface area contributed by atoms with Gasteiger partial charge in [0.1, 0.15) is 0 Å². The molecule has 0 saturated carbocycles. The summed E-state index contributed by atoms with van der Waals surface area (Å²) in [5, 5.41) is 6.73. The summed E-state index contributed by atoms with van der Waals surface area (Å²) in [7, 11) is 4.00. The van der Waals surface area contributed by atoms with Crippen LogP contribution in [0.1, 0.15) is 19.8 Å². The van der Waals surface area contributed by atoms with Crippen LogP contribution < -0.4 is 15.5 Å². The first-order chi connectivity index (χ1) is 10.0. The Morgan fingerprint density at radius 1 is 1.29 bits per heavy atom. The highest BCUT2D eigenvalue weighted by Gasteiger charge is 2.02. The van der Waals surface area contributed by atoms with Crippen molar-refractivity contribution in [2.45, 2.75) is 19.8 Å². The zero-order chi connectivity index (χ0) is 15.7. The van der Waals surface area contributed by atoms with Gasteiger partial charge in [-0.3, -0.25) is 4.79 Å². The minimum Gasteiger partial charge on any atom is -0.466 e. The van der Waals surface area contributed by atoms with E-state index in [1.807, 2.05) is 43.3 Å². The number of esters is 1. The van der Waals surface area contributed by atoms with E-state index in [4.69, 9.17) is 17.0 Å². The van der Waals surface area contributed by atoms with Crippen LogP contribution in [0.15, 0.2) is 24.3 Å². The van der Waals surface area contributed by atoms with Crippen LogP contribution in [0, 0.1) is 0 Å². The van der Waals surface area contributed by atoms with Gasteiger partial charge in [-0.1, -0.05) is 0 Å². The quantitative estimate of drug-likeness (QED) is 0.458. The second-order valence-corrected chi connectivity index (χ2v) is 5.14. The third-order valence-electron chi connectivity index (χ3n) is 2.79. The monoisotopic (exact) mass is 309 g/mol. The number of rotatable bonds is 7. The molecule has 116 valence electrons. The number of nitrogens with one attached hydrogen (secondary N) is 2. The van der Waals surface area contributed by atoms with Crippen LogP contribution in [0.25, 0.3) is 0 Å². The predicted molar refractivity (Wildman–Crippen MR) is 90.9 cm³/mol. The van der Waals surface area contributed by atoms with Crippen LogP contribution >= 0.6 is 12.2 Å². The van der Waals surface area contributed by atoms with Crippen molar-refractivity contribution in [3.05, 3.63) is 24.3 Å². The number of carbonyl (C=O) groups is 1. The largest absolute Gasteiger partial charge is 0.466 e. The second-order valence-electron chi connectivity index (χ2n) is 4.73. The van der Waals surface area contributed by atoms with Crippen molar-refractivity contribution in [1.82, 2.24) is 5.32 Å². The molecule has 0 bridgehead atoms. The van der Waals surface area contributed by atoms with E-state index in [0.29, 0.717) is 31.1 Å². The Morgan fingerprint density at radius 2 is 1.95 bits per heavy atom. The number of nitrogens with zero attached hydrogens (tertiary/aromatic N) is 1. The molecule has 0 fully saturated rings. The fourth-order valence-electron chi connectivity index (χ4n) is 1.69. The SMILES string of the molecule is CCOC(=O)CCCNC(=S)Nc1ccc(N(C)C)cc1. The van der Waals surface area contributed by atoms with Crippen molar-refractivity contribution < 1.29 is 9.53 Å². The maximum absolute atomic E-state index is 11.2. The van der Waals surface area contributed by atoms with E-state index < -0.39 is 0 Å². The molecule has 0 aliphatic carbocycles. The molecule has 0 unspecified atom stereocenters. The van der Waals surface area contributed by atoms with Crippen molar-refractivity contribution in [2.24, 2.45) is 0 Å². The first-order valence-corrected chi connectivity index (χ1v) is 7.41. The molecule has 0 spiro atoms. The van der Waals surface area contributed by atoms with Gasteiger partial charge in [0.15, 0.2) is 5.11 Å². The zero-order valence-corrected chi connectivity index (χ0v) is 13.6. The number of benzene rings is 1. The van der Waals surface area contributed by atoms with Crippen molar-refractivity contribution in [1.29, 1.82) is 0 Å². The molecule has 1 aromatic carbocycles. The number of anilines is 2. The predicted octanol–water partition coefficient (Wildman–Crippen LogP) is 2.38. The van der Waals surface area contributed by atoms with Crippen LogP contribution in [-0.4, -0.2) is 38.3 Å². The van der Waals surface area contributed by atoms with Gasteiger partial charge in [-0.2, -0.15) is 0 Å². The first kappa shape index (κ1) is 17.2. The lowest BCUT2D eigenvalue weighted by Crippen LogP contribution is -2.29. The molecule has 21 heavy (non-hydrogen) atoms. The second kappa shape index (κ2) is 9.18. The van der Waals surface area contributed by atoms with Crippen LogP contribution in [-0.2, 0) is 9.53 Å². The normalized spacial score (nSPS) is 9.86. The third kappa shape index (κ3) is 6.94. The summed E-state index contributed by atoms with van der Waals surface area (Å²) in [5.41, 5.74) is 2.07. The van der Waals surface area contributed by atoms with Crippen molar-refractivity contribution in [3.8, 4) is 0 Å². The molecule has 0 heterocycles. The van der Waals surface area contributed by atoms with Gasteiger partial charge >= 0.3 is 5.97 Å². The molecule has 1 aromatic rings. The van der Waals surface area contributed by atoms with Crippen LogP contribution in [0.2, 0.25) is 0 Å². The van der Waals surface area contributed by atoms with Gasteiger partial charge in [-0.25, -0.2) is 0 Å². The lowest BCUT2D eigenvalue weighted by molar-refractivity contribution is -0.143. The summed E-state index contributed by atoms with van der Waals surface area (Å²) in [6.07, 6.45) is 1.10. The molecule has 0 atom stereocenters. The highest BCUT2D eigenvalue weighted by atomic mass is 32.1. The third-order valence-corrected chi connectivity index (χ3v) is 3.04. The molecule has 6 heteroatoms. The Labute approximate surface area is 131 Å². The van der Waals surface area contributed by atoms with E-state index in [0.717, 1.165) is 11.4 Å². The van der Waals surface area contributed by atoms with Crippen molar-refractivity contribution in [2.75, 3.05) is 37.5 Å². The molecule has 0 radical (unpaired) electrons. The Bertz CT molecular complexity index is 460. The maximum Gasteiger partial charge on any atom is 0.305 e. The summed E-state index contributed by atoms with van der Waals surface area (Å²) in [6, 6.07) is 7.99. The number of hydrogen-bond donors (Lipinski definition) is 2. The van der Waals surface area contributed by atoms with E-state index >= 15 is 0 Å². The average molecular weight is 309 g/mol. The number of hydrogen-bond acceptors (Lipinski definition) is 4. The zero-order valence-electron chi connectivity index (χ0n) is 12.8. The molecule has 1 rings (SSSR count). The van der Waals surface area contributed by atoms with Crippen LogP contribution in [0.4, 0.5) is 11.4 Å². The number of thiocarbonyl (C=S) groups is 1. The van der Waals surface area contributed by atoms with Gasteiger partial charge < -0.3 is 20.3 Å². The molecule has 0 aromatic heterocycles. The van der Waals surface area contributed by atoms with Crippen molar-refractivity contribution >= 4 is 34.7 Å². The number of ether oxygens (including phenoxy) is 1. The van der Waals surface area contributed by atoms with Gasteiger partial charge in [0.25, 0.3) is 0 Å². The molecule has 0 aliphatic rings. The fraction of sp³-hybridized carbons (Fsp3) is 0.467. The van der Waals surface area contributed by atoms with Gasteiger partial charge in [0.2, 0.25) is 0 Å². The Kier molecular flexibility index (Phi) is 7.53. The molecule has 0 saturated heterocycles. The van der Waals surface area contributed by atoms with Gasteiger partial charge in [0.05, 0.1) is 6.61 Å². The Hall–Kier alpha value is -1.82. The average Bonchev–Trinajstić information content (AvgIpc) is 2.44. The molecular formula is C15H23N3O2S. The highest BCUT2D eigenvalue weighted by molar-refractivity contribution is 7.80. The standard InChI is InChI=1S/C15H23N3O2S/c1-4-20-14(19)6-5-11-16-15(21)17-12-7-9-13(10-8-12)18(2)3/h7-10H,4-6,11H2,1-3H3,(H2,16,17,21). The first-order valence-electron chi connectivity index (χ1n) is 7.00. The van der Waals surface area contributed by atoms with E-state index in [1.165, 1.54) is 0 Å². The molecule has 5 nitrogen and oxygen atoms in total. The Balaban J connectivity index is 2.26. The molecule has 0 amide bonds. The van der Waals surface area contributed by atoms with Crippen molar-refractivity contribution in [3.63, 3.8) is 0 Å². The van der Waals surface area contributed by atoms with E-state index in [-0.39, 0.29) is 5.97 Å². The topological polar surface area (TPSA) is 53.6 Å². The van der Waals surface area contributed by atoms with Gasteiger partial charge in [-0.05, 0) is 49.8 Å². The molecular weight excluding hydrogens is 286 g/mol. The maximum atomic E-state index is 11.2. The summed E-state index contributed by atoms with van der Waals surface area (Å²) >= 11 is 5.20. The molecule has 2 N–H and O–H groups in total. The smallest absolute Gasteiger partial charge is 0.305 e. The van der Waals surface area contributed by atoms with Crippen LogP contribution in [0.3, 0.4) is 0 Å². The Morgan fingerprint density at radius 3 is 2.52 bits per heavy atom. The summed E-state index contributed by atoms with van der Waals surface area (Å²) in [4.78, 5) is 13.2. The van der Waals surface area contributed by atoms with Gasteiger partial charge in [-0.15, -0.1) is 0 Å². The molecule has 0 aliphatic heterocycles. The summed E-state index contributed by atoms with van der Waals surface area (Å²) in [6.45, 7) is 2.87. The minimum atomic E-state index is -0.169. The van der Waals surface area contributed by atoms with Gasteiger partial charge in [0, 0.05) is 38.4 Å². The van der Waals surface area contributed by atoms with E-state index in [1.54, 1.807) is 6.92 Å². The van der Waals surface area contributed by atoms with E-state index in [9.17, 15) is 4.79 Å². The van der Waals surface area contributed by atoms with Crippen LogP contribution in [0.5, 0.6) is 0 Å². The fourth-order valence-corrected chi connectivity index (χ4v) is 1.91. The highest BCUT2D eigenvalue weighted by Crippen LogP contribution is 2.15.